The van der Waals surface area contributed by atoms with Crippen molar-refractivity contribution in [1.82, 2.24) is 0 Å². The lowest BCUT2D eigenvalue weighted by Crippen LogP contribution is -2.64. The summed E-state index contributed by atoms with van der Waals surface area (Å²) in [5.74, 6) is 4.49. The molecular formula is C21H30O3. The second kappa shape index (κ2) is 3.96. The summed E-state index contributed by atoms with van der Waals surface area (Å²) in [4.78, 5) is 12.1. The van der Waals surface area contributed by atoms with Gasteiger partial charge >= 0.3 is 0 Å². The van der Waals surface area contributed by atoms with Gasteiger partial charge in [-0.2, -0.15) is 0 Å². The van der Waals surface area contributed by atoms with E-state index in [1.807, 2.05) is 0 Å². The highest BCUT2D eigenvalue weighted by Crippen LogP contribution is 2.79. The minimum Gasteiger partial charge on any atom is -0.392 e. The summed E-state index contributed by atoms with van der Waals surface area (Å²) in [5, 5.41) is 22.5. The minimum atomic E-state index is -0.734. The van der Waals surface area contributed by atoms with Crippen molar-refractivity contribution in [2.45, 2.75) is 70.5 Å². The molecule has 6 aliphatic carbocycles. The standard InChI is InChI=1S/C21H30O3/c1-19-5-4-14-16(17(19)11-7-12(11)18(19)23)13-8-15(13)21(24)9-10(22)3-6-20(14,21)2/h11-18,23-24H,3-9H2,1-2H3. The number of hydrogen-bond donors (Lipinski definition) is 2. The van der Waals surface area contributed by atoms with Crippen molar-refractivity contribution in [1.29, 1.82) is 0 Å². The zero-order valence-corrected chi connectivity index (χ0v) is 14.9. The summed E-state index contributed by atoms with van der Waals surface area (Å²) >= 11 is 0. The number of rotatable bonds is 0. The van der Waals surface area contributed by atoms with Gasteiger partial charge in [-0.3, -0.25) is 4.79 Å². The quantitative estimate of drug-likeness (QED) is 0.718. The summed E-state index contributed by atoms with van der Waals surface area (Å²) in [7, 11) is 0. The molecule has 6 aliphatic rings. The lowest BCUT2D eigenvalue weighted by atomic mass is 9.43. The van der Waals surface area contributed by atoms with E-state index in [1.54, 1.807) is 0 Å². The van der Waals surface area contributed by atoms with Crippen molar-refractivity contribution in [3.8, 4) is 0 Å². The molecule has 0 aliphatic heterocycles. The van der Waals surface area contributed by atoms with E-state index in [9.17, 15) is 15.0 Å². The molecule has 24 heavy (non-hydrogen) atoms. The first-order valence-electron chi connectivity index (χ1n) is 10.2. The van der Waals surface area contributed by atoms with Crippen LogP contribution >= 0.6 is 0 Å². The lowest BCUT2D eigenvalue weighted by molar-refractivity contribution is -0.214. The Labute approximate surface area is 144 Å². The van der Waals surface area contributed by atoms with Crippen molar-refractivity contribution in [2.75, 3.05) is 0 Å². The van der Waals surface area contributed by atoms with E-state index in [4.69, 9.17) is 0 Å². The maximum Gasteiger partial charge on any atom is 0.135 e. The van der Waals surface area contributed by atoms with Gasteiger partial charge in [-0.15, -0.1) is 0 Å². The van der Waals surface area contributed by atoms with Crippen LogP contribution in [0.3, 0.4) is 0 Å². The third-order valence-electron chi connectivity index (χ3n) is 10.2. The average molecular weight is 330 g/mol. The predicted octanol–water partition coefficient (Wildman–Crippen LogP) is 2.79. The molecule has 0 amide bonds. The Morgan fingerprint density at radius 2 is 1.83 bits per heavy atom. The van der Waals surface area contributed by atoms with E-state index in [-0.39, 0.29) is 22.7 Å². The van der Waals surface area contributed by atoms with Crippen LogP contribution in [0.25, 0.3) is 0 Å². The van der Waals surface area contributed by atoms with Crippen molar-refractivity contribution in [2.24, 2.45) is 52.3 Å². The van der Waals surface area contributed by atoms with Gasteiger partial charge in [-0.1, -0.05) is 13.8 Å². The first-order valence-corrected chi connectivity index (χ1v) is 10.2. The molecule has 6 fully saturated rings. The zero-order chi connectivity index (χ0) is 16.6. The van der Waals surface area contributed by atoms with E-state index in [0.29, 0.717) is 48.3 Å². The normalized spacial score (nSPS) is 69.1. The van der Waals surface area contributed by atoms with Gasteiger partial charge in [0.05, 0.1) is 11.7 Å². The number of carbonyl (C=O) groups excluding carboxylic acids is 1. The van der Waals surface area contributed by atoms with Gasteiger partial charge in [0.2, 0.25) is 0 Å². The number of fused-ring (bicyclic) bond motifs is 10. The third-order valence-corrected chi connectivity index (χ3v) is 10.2. The molecule has 132 valence electrons. The Hall–Kier alpha value is -0.410. The molecule has 0 heterocycles. The van der Waals surface area contributed by atoms with Gasteiger partial charge in [0, 0.05) is 18.3 Å². The molecule has 3 nitrogen and oxygen atoms in total. The highest BCUT2D eigenvalue weighted by Gasteiger charge is 2.78. The monoisotopic (exact) mass is 330 g/mol. The van der Waals surface area contributed by atoms with E-state index in [2.05, 4.69) is 13.8 Å². The zero-order valence-electron chi connectivity index (χ0n) is 14.9. The van der Waals surface area contributed by atoms with E-state index in [1.165, 1.54) is 6.42 Å². The Kier molecular flexibility index (Phi) is 2.43. The largest absolute Gasteiger partial charge is 0.392 e. The summed E-state index contributed by atoms with van der Waals surface area (Å²) in [6, 6.07) is 0. The number of aliphatic hydroxyl groups is 2. The van der Waals surface area contributed by atoms with E-state index in [0.717, 1.165) is 31.6 Å². The van der Waals surface area contributed by atoms with Gasteiger partial charge < -0.3 is 10.2 Å². The fraction of sp³-hybridized carbons (Fsp3) is 0.952. The maximum atomic E-state index is 12.1. The van der Waals surface area contributed by atoms with Crippen LogP contribution in [-0.4, -0.2) is 27.7 Å². The van der Waals surface area contributed by atoms with Gasteiger partial charge in [-0.25, -0.2) is 0 Å². The smallest absolute Gasteiger partial charge is 0.135 e. The number of hydrogen-bond acceptors (Lipinski definition) is 3. The molecule has 0 spiro atoms. The summed E-state index contributed by atoms with van der Waals surface area (Å²) in [5.41, 5.74) is -0.692. The predicted molar refractivity (Wildman–Crippen MR) is 88.9 cm³/mol. The molecule has 2 N–H and O–H groups in total. The van der Waals surface area contributed by atoms with Gasteiger partial charge in [0.25, 0.3) is 0 Å². The summed E-state index contributed by atoms with van der Waals surface area (Å²) in [6.45, 7) is 4.67. The molecular weight excluding hydrogens is 300 g/mol. The highest BCUT2D eigenvalue weighted by atomic mass is 16.3. The van der Waals surface area contributed by atoms with Gasteiger partial charge in [-0.05, 0) is 78.9 Å². The fourth-order valence-electron chi connectivity index (χ4n) is 8.90. The second-order valence-electron chi connectivity index (χ2n) is 10.8. The average Bonchev–Trinajstić information content (AvgIpc) is 3.41. The Morgan fingerprint density at radius 1 is 1.04 bits per heavy atom. The van der Waals surface area contributed by atoms with Crippen LogP contribution in [0.15, 0.2) is 0 Å². The van der Waals surface area contributed by atoms with Crippen LogP contribution < -0.4 is 0 Å². The van der Waals surface area contributed by atoms with Crippen molar-refractivity contribution < 1.29 is 15.0 Å². The third kappa shape index (κ3) is 1.37. The van der Waals surface area contributed by atoms with Crippen LogP contribution in [0.4, 0.5) is 0 Å². The Balaban J connectivity index is 1.45. The molecule has 11 unspecified atom stereocenters. The van der Waals surface area contributed by atoms with Crippen LogP contribution in [0.5, 0.6) is 0 Å². The lowest BCUT2D eigenvalue weighted by Gasteiger charge is -2.63. The molecule has 0 aromatic rings. The molecule has 3 heteroatoms. The number of Topliss-reactive ketones (excluding diaryl/α,β-unsaturated/α-hetero) is 1. The highest BCUT2D eigenvalue weighted by molar-refractivity contribution is 5.81. The van der Waals surface area contributed by atoms with E-state index < -0.39 is 5.60 Å². The molecule has 0 aromatic heterocycles. The van der Waals surface area contributed by atoms with Crippen molar-refractivity contribution >= 4 is 5.78 Å². The first kappa shape index (κ1) is 14.7. The summed E-state index contributed by atoms with van der Waals surface area (Å²) < 4.78 is 0. The summed E-state index contributed by atoms with van der Waals surface area (Å²) in [6.07, 6.45) is 6.48. The molecule has 6 rings (SSSR count). The van der Waals surface area contributed by atoms with Crippen molar-refractivity contribution in [3.05, 3.63) is 0 Å². The number of carbonyl (C=O) groups is 1. The molecule has 0 aromatic carbocycles. The Morgan fingerprint density at radius 3 is 2.62 bits per heavy atom. The molecule has 0 bridgehead atoms. The van der Waals surface area contributed by atoms with Crippen LogP contribution in [0.1, 0.15) is 58.8 Å². The van der Waals surface area contributed by atoms with Gasteiger partial charge in [0.1, 0.15) is 5.78 Å². The molecule has 0 radical (unpaired) electrons. The topological polar surface area (TPSA) is 57.5 Å². The van der Waals surface area contributed by atoms with Gasteiger partial charge in [0.15, 0.2) is 0 Å². The first-order chi connectivity index (χ1) is 11.3. The Bertz CT molecular complexity index is 645. The number of aliphatic hydroxyl groups excluding tert-OH is 1. The second-order valence-corrected chi connectivity index (χ2v) is 10.8. The molecule has 11 atom stereocenters. The van der Waals surface area contributed by atoms with E-state index >= 15 is 0 Å². The number of ketones is 1. The SMILES string of the molecule is CC12CCC3C(C4CC4C4(O)CC(=O)CCC34C)C1C1CC1C2O. The molecule has 6 saturated carbocycles. The van der Waals surface area contributed by atoms with Crippen molar-refractivity contribution in [3.63, 3.8) is 0 Å². The fourth-order valence-corrected chi connectivity index (χ4v) is 8.90. The minimum absolute atomic E-state index is 0.0809. The van der Waals surface area contributed by atoms with Crippen LogP contribution in [0, 0.1) is 52.3 Å². The maximum absolute atomic E-state index is 12.1. The van der Waals surface area contributed by atoms with Crippen LogP contribution in [-0.2, 0) is 4.79 Å². The van der Waals surface area contributed by atoms with Crippen LogP contribution in [0.2, 0.25) is 0 Å². The molecule has 0 saturated heterocycles.